The van der Waals surface area contributed by atoms with Gasteiger partial charge in [-0.25, -0.2) is 0 Å². The van der Waals surface area contributed by atoms with Gasteiger partial charge in [-0.15, -0.1) is 0 Å². The number of hydrogen-bond acceptors (Lipinski definition) is 1. The zero-order valence-electron chi connectivity index (χ0n) is 10.9. The lowest BCUT2D eigenvalue weighted by Crippen LogP contribution is -2.24. The van der Waals surface area contributed by atoms with Gasteiger partial charge < -0.3 is 5.73 Å². The molecule has 0 aromatic heterocycles. The minimum absolute atomic E-state index is 0.402. The van der Waals surface area contributed by atoms with Crippen molar-refractivity contribution in [3.63, 3.8) is 0 Å². The Bertz CT molecular complexity index is 391. The van der Waals surface area contributed by atoms with Crippen molar-refractivity contribution < 1.29 is 13.2 Å². The number of alkyl halides is 3. The van der Waals surface area contributed by atoms with Crippen LogP contribution in [0.4, 0.5) is 13.2 Å². The third-order valence-electron chi connectivity index (χ3n) is 4.15. The molecule has 1 atom stereocenters. The van der Waals surface area contributed by atoms with E-state index in [0.717, 1.165) is 24.1 Å². The minimum Gasteiger partial charge on any atom is -0.330 e. The Balaban J connectivity index is 2.01. The first-order chi connectivity index (χ1) is 9.00. The third kappa shape index (κ3) is 3.72. The van der Waals surface area contributed by atoms with Gasteiger partial charge >= 0.3 is 6.18 Å². The second-order valence-electron chi connectivity index (χ2n) is 5.44. The van der Waals surface area contributed by atoms with Gasteiger partial charge in [-0.3, -0.25) is 0 Å². The second-order valence-corrected chi connectivity index (χ2v) is 5.44. The fourth-order valence-corrected chi connectivity index (χ4v) is 3.00. The second kappa shape index (κ2) is 5.95. The number of hydrogen-bond donors (Lipinski definition) is 1. The molecule has 1 unspecified atom stereocenters. The van der Waals surface area contributed by atoms with Crippen molar-refractivity contribution in [2.24, 2.45) is 17.6 Å². The Morgan fingerprint density at radius 1 is 1.11 bits per heavy atom. The quantitative estimate of drug-likeness (QED) is 0.879. The first-order valence-electron chi connectivity index (χ1n) is 6.87. The molecule has 0 spiro atoms. The van der Waals surface area contributed by atoms with Crippen molar-refractivity contribution in [1.29, 1.82) is 0 Å². The Morgan fingerprint density at radius 2 is 1.68 bits per heavy atom. The molecule has 2 rings (SSSR count). The van der Waals surface area contributed by atoms with Crippen molar-refractivity contribution in [3.05, 3.63) is 35.4 Å². The van der Waals surface area contributed by atoms with Crippen LogP contribution in [0.2, 0.25) is 0 Å². The molecule has 19 heavy (non-hydrogen) atoms. The van der Waals surface area contributed by atoms with Gasteiger partial charge in [0.1, 0.15) is 0 Å². The summed E-state index contributed by atoms with van der Waals surface area (Å²) in [5.74, 6) is 1.05. The average molecular weight is 271 g/mol. The van der Waals surface area contributed by atoms with Gasteiger partial charge in [0.25, 0.3) is 0 Å². The van der Waals surface area contributed by atoms with Crippen LogP contribution in [0, 0.1) is 11.8 Å². The van der Waals surface area contributed by atoms with Crippen LogP contribution in [0.15, 0.2) is 24.3 Å². The smallest absolute Gasteiger partial charge is 0.330 e. The largest absolute Gasteiger partial charge is 0.416 e. The lowest BCUT2D eigenvalue weighted by Gasteiger charge is -2.22. The van der Waals surface area contributed by atoms with E-state index in [4.69, 9.17) is 5.73 Å². The molecule has 0 aliphatic heterocycles. The molecule has 1 aliphatic carbocycles. The molecule has 106 valence electrons. The SMILES string of the molecule is NCC(Cc1ccc(C(F)(F)F)cc1)C1CCCC1. The molecule has 1 aliphatic rings. The van der Waals surface area contributed by atoms with Crippen LogP contribution in [-0.4, -0.2) is 6.54 Å². The van der Waals surface area contributed by atoms with Gasteiger partial charge in [-0.05, 0) is 42.5 Å². The van der Waals surface area contributed by atoms with E-state index >= 15 is 0 Å². The number of benzene rings is 1. The normalized spacial score (nSPS) is 18.7. The molecule has 1 nitrogen and oxygen atoms in total. The summed E-state index contributed by atoms with van der Waals surface area (Å²) in [5.41, 5.74) is 6.19. The molecule has 2 N–H and O–H groups in total. The van der Waals surface area contributed by atoms with E-state index in [2.05, 4.69) is 0 Å². The van der Waals surface area contributed by atoms with E-state index in [1.165, 1.54) is 25.7 Å². The van der Waals surface area contributed by atoms with Crippen molar-refractivity contribution in [2.75, 3.05) is 6.54 Å². The molecule has 0 heterocycles. The predicted molar refractivity (Wildman–Crippen MR) is 69.7 cm³/mol. The lowest BCUT2D eigenvalue weighted by atomic mass is 9.85. The molecule has 4 heteroatoms. The van der Waals surface area contributed by atoms with E-state index in [1.807, 2.05) is 0 Å². The number of halogens is 3. The first-order valence-corrected chi connectivity index (χ1v) is 6.87. The standard InChI is InChI=1S/C15H20F3N/c16-15(17,18)14-7-5-11(6-8-14)9-13(10-19)12-3-1-2-4-12/h5-8,12-13H,1-4,9-10,19H2. The van der Waals surface area contributed by atoms with Crippen LogP contribution >= 0.6 is 0 Å². The molecule has 1 fully saturated rings. The van der Waals surface area contributed by atoms with Crippen molar-refractivity contribution in [1.82, 2.24) is 0 Å². The Hall–Kier alpha value is -1.03. The summed E-state index contributed by atoms with van der Waals surface area (Å²) < 4.78 is 37.4. The summed E-state index contributed by atoms with van der Waals surface area (Å²) in [6.45, 7) is 0.617. The summed E-state index contributed by atoms with van der Waals surface area (Å²) in [6.07, 6.45) is 1.48. The summed E-state index contributed by atoms with van der Waals surface area (Å²) in [5, 5.41) is 0. The van der Waals surface area contributed by atoms with Crippen molar-refractivity contribution in [3.8, 4) is 0 Å². The summed E-state index contributed by atoms with van der Waals surface area (Å²) in [6, 6.07) is 5.50. The van der Waals surface area contributed by atoms with Crippen LogP contribution in [-0.2, 0) is 12.6 Å². The molecular weight excluding hydrogens is 251 g/mol. The van der Waals surface area contributed by atoms with Crippen LogP contribution in [0.3, 0.4) is 0 Å². The molecule has 0 amide bonds. The van der Waals surface area contributed by atoms with E-state index in [1.54, 1.807) is 12.1 Å². The van der Waals surface area contributed by atoms with Crippen LogP contribution in [0.5, 0.6) is 0 Å². The molecule has 1 aromatic carbocycles. The molecule has 0 bridgehead atoms. The Labute approximate surface area is 112 Å². The average Bonchev–Trinajstić information content (AvgIpc) is 2.89. The maximum absolute atomic E-state index is 12.5. The van der Waals surface area contributed by atoms with Gasteiger partial charge in [-0.2, -0.15) is 13.2 Å². The third-order valence-corrected chi connectivity index (χ3v) is 4.15. The van der Waals surface area contributed by atoms with Crippen molar-refractivity contribution >= 4 is 0 Å². The number of rotatable bonds is 4. The highest BCUT2D eigenvalue weighted by Gasteiger charge is 2.30. The van der Waals surface area contributed by atoms with Crippen LogP contribution < -0.4 is 5.73 Å². The zero-order valence-corrected chi connectivity index (χ0v) is 10.9. The van der Waals surface area contributed by atoms with Gasteiger partial charge in [0.05, 0.1) is 5.56 Å². The maximum atomic E-state index is 12.5. The van der Waals surface area contributed by atoms with Gasteiger partial charge in [0.15, 0.2) is 0 Å². The van der Waals surface area contributed by atoms with Crippen molar-refractivity contribution in [2.45, 2.75) is 38.3 Å². The highest BCUT2D eigenvalue weighted by atomic mass is 19.4. The van der Waals surface area contributed by atoms with E-state index in [-0.39, 0.29) is 0 Å². The van der Waals surface area contributed by atoms with Gasteiger partial charge in [0.2, 0.25) is 0 Å². The zero-order chi connectivity index (χ0) is 13.9. The summed E-state index contributed by atoms with van der Waals surface area (Å²) in [7, 11) is 0. The fourth-order valence-electron chi connectivity index (χ4n) is 3.00. The highest BCUT2D eigenvalue weighted by molar-refractivity contribution is 5.25. The first kappa shape index (κ1) is 14.4. The molecule has 1 aromatic rings. The Kier molecular flexibility index (Phi) is 4.50. The molecule has 1 saturated carbocycles. The molecule has 0 saturated heterocycles. The topological polar surface area (TPSA) is 26.0 Å². The van der Waals surface area contributed by atoms with E-state index in [9.17, 15) is 13.2 Å². The monoisotopic (exact) mass is 271 g/mol. The Morgan fingerprint density at radius 3 is 2.16 bits per heavy atom. The predicted octanol–water partition coefficient (Wildman–Crippen LogP) is 4.01. The molecular formula is C15H20F3N. The maximum Gasteiger partial charge on any atom is 0.416 e. The minimum atomic E-state index is -4.25. The van der Waals surface area contributed by atoms with E-state index < -0.39 is 11.7 Å². The van der Waals surface area contributed by atoms with Crippen LogP contribution in [0.25, 0.3) is 0 Å². The van der Waals surface area contributed by atoms with E-state index in [0.29, 0.717) is 18.4 Å². The summed E-state index contributed by atoms with van der Waals surface area (Å²) >= 11 is 0. The molecule has 0 radical (unpaired) electrons. The van der Waals surface area contributed by atoms with Gasteiger partial charge in [-0.1, -0.05) is 37.8 Å². The van der Waals surface area contributed by atoms with Crippen LogP contribution in [0.1, 0.15) is 36.8 Å². The summed E-state index contributed by atoms with van der Waals surface area (Å²) in [4.78, 5) is 0. The highest BCUT2D eigenvalue weighted by Crippen LogP contribution is 2.33. The lowest BCUT2D eigenvalue weighted by molar-refractivity contribution is -0.137. The fraction of sp³-hybridized carbons (Fsp3) is 0.600. The van der Waals surface area contributed by atoms with Gasteiger partial charge in [0, 0.05) is 0 Å². The number of nitrogens with two attached hydrogens (primary N) is 1.